The quantitative estimate of drug-likeness (QED) is 0.735. The van der Waals surface area contributed by atoms with Gasteiger partial charge in [0.05, 0.1) is 26.2 Å². The van der Waals surface area contributed by atoms with Crippen molar-refractivity contribution in [2.45, 2.75) is 19.4 Å². The molecule has 1 heterocycles. The van der Waals surface area contributed by atoms with Crippen molar-refractivity contribution < 1.29 is 24.2 Å². The summed E-state index contributed by atoms with van der Waals surface area (Å²) in [6.45, 7) is 1.57. The molecule has 0 saturated carbocycles. The number of carbonyl (C=O) groups is 2. The van der Waals surface area contributed by atoms with E-state index in [1.165, 1.54) is 7.11 Å². The lowest BCUT2D eigenvalue weighted by Gasteiger charge is -2.23. The van der Waals surface area contributed by atoms with Gasteiger partial charge in [0.1, 0.15) is 5.41 Å². The summed E-state index contributed by atoms with van der Waals surface area (Å²) in [5, 5.41) is 9.39. The van der Waals surface area contributed by atoms with E-state index in [2.05, 4.69) is 0 Å². The molecule has 0 bridgehead atoms. The Bertz CT molecular complexity index is 533. The zero-order valence-electron chi connectivity index (χ0n) is 13.4. The molecule has 0 aliphatic carbocycles. The van der Waals surface area contributed by atoms with Gasteiger partial charge in [0.15, 0.2) is 0 Å². The molecule has 6 heteroatoms. The van der Waals surface area contributed by atoms with Crippen LogP contribution in [0.4, 0.5) is 0 Å². The summed E-state index contributed by atoms with van der Waals surface area (Å²) < 4.78 is 10.5. The smallest absolute Gasteiger partial charge is 0.313 e. The number of benzene rings is 1. The standard InChI is InChI=1S/C17H23NO5/c1-22-13-17(16(20)21)8-9-18(12-17)15(19)7-10-23-11-14-5-3-2-4-6-14/h2-6H,7-13H2,1H3,(H,20,21). The number of carbonyl (C=O) groups excluding carboxylic acids is 1. The summed E-state index contributed by atoms with van der Waals surface area (Å²) in [7, 11) is 1.48. The molecule has 1 aliphatic rings. The molecule has 1 aromatic rings. The average molecular weight is 321 g/mol. The van der Waals surface area contributed by atoms with Crippen molar-refractivity contribution in [3.63, 3.8) is 0 Å². The van der Waals surface area contributed by atoms with E-state index in [1.807, 2.05) is 30.3 Å². The van der Waals surface area contributed by atoms with Gasteiger partial charge in [0.25, 0.3) is 0 Å². The number of hydrogen-bond acceptors (Lipinski definition) is 4. The fourth-order valence-electron chi connectivity index (χ4n) is 2.80. The molecule has 1 aromatic carbocycles. The third kappa shape index (κ3) is 4.53. The highest BCUT2D eigenvalue weighted by atomic mass is 16.5. The summed E-state index contributed by atoms with van der Waals surface area (Å²) in [5.41, 5.74) is 0.0843. The summed E-state index contributed by atoms with van der Waals surface area (Å²) >= 11 is 0. The lowest BCUT2D eigenvalue weighted by Crippen LogP contribution is -2.40. The maximum absolute atomic E-state index is 12.2. The van der Waals surface area contributed by atoms with E-state index in [9.17, 15) is 14.7 Å². The summed E-state index contributed by atoms with van der Waals surface area (Å²) in [6.07, 6.45) is 0.683. The van der Waals surface area contributed by atoms with Crippen LogP contribution in [0.25, 0.3) is 0 Å². The summed E-state index contributed by atoms with van der Waals surface area (Å²) in [5.74, 6) is -0.979. The van der Waals surface area contributed by atoms with Crippen LogP contribution in [-0.2, 0) is 25.7 Å². The molecule has 23 heavy (non-hydrogen) atoms. The van der Waals surface area contributed by atoms with E-state index < -0.39 is 11.4 Å². The maximum Gasteiger partial charge on any atom is 0.313 e. The van der Waals surface area contributed by atoms with E-state index in [0.29, 0.717) is 26.2 Å². The number of likely N-dealkylation sites (tertiary alicyclic amines) is 1. The minimum atomic E-state index is -0.977. The van der Waals surface area contributed by atoms with Crippen LogP contribution >= 0.6 is 0 Å². The summed E-state index contributed by atoms with van der Waals surface area (Å²) in [4.78, 5) is 25.2. The number of rotatable bonds is 8. The van der Waals surface area contributed by atoms with E-state index >= 15 is 0 Å². The van der Waals surface area contributed by atoms with Gasteiger partial charge in [-0.25, -0.2) is 0 Å². The van der Waals surface area contributed by atoms with Gasteiger partial charge in [-0.3, -0.25) is 9.59 Å². The van der Waals surface area contributed by atoms with E-state index in [1.54, 1.807) is 4.90 Å². The van der Waals surface area contributed by atoms with Gasteiger partial charge in [-0.15, -0.1) is 0 Å². The Morgan fingerprint density at radius 3 is 2.70 bits per heavy atom. The molecule has 2 rings (SSSR count). The zero-order valence-corrected chi connectivity index (χ0v) is 13.4. The lowest BCUT2D eigenvalue weighted by atomic mass is 9.88. The average Bonchev–Trinajstić information content (AvgIpc) is 2.98. The first kappa shape index (κ1) is 17.4. The van der Waals surface area contributed by atoms with Gasteiger partial charge in [-0.2, -0.15) is 0 Å². The first-order valence-electron chi connectivity index (χ1n) is 7.69. The lowest BCUT2D eigenvalue weighted by molar-refractivity contribution is -0.151. The predicted octanol–water partition coefficient (Wildman–Crippen LogP) is 1.54. The largest absolute Gasteiger partial charge is 0.481 e. The van der Waals surface area contributed by atoms with Crippen LogP contribution in [0.15, 0.2) is 30.3 Å². The monoisotopic (exact) mass is 321 g/mol. The van der Waals surface area contributed by atoms with Crippen LogP contribution in [0, 0.1) is 5.41 Å². The Balaban J connectivity index is 1.75. The molecule has 1 saturated heterocycles. The first-order chi connectivity index (χ1) is 11.1. The van der Waals surface area contributed by atoms with Crippen molar-refractivity contribution >= 4 is 11.9 Å². The Morgan fingerprint density at radius 1 is 1.30 bits per heavy atom. The third-order valence-corrected chi connectivity index (χ3v) is 4.15. The van der Waals surface area contributed by atoms with Crippen LogP contribution < -0.4 is 0 Å². The fourth-order valence-corrected chi connectivity index (χ4v) is 2.80. The van der Waals surface area contributed by atoms with Crippen molar-refractivity contribution in [1.29, 1.82) is 0 Å². The molecule has 1 aliphatic heterocycles. The number of ether oxygens (including phenoxy) is 2. The maximum atomic E-state index is 12.2. The van der Waals surface area contributed by atoms with Gasteiger partial charge >= 0.3 is 5.97 Å². The SMILES string of the molecule is COCC1(C(=O)O)CCN(C(=O)CCOCc2ccccc2)C1. The molecule has 0 radical (unpaired) electrons. The minimum Gasteiger partial charge on any atom is -0.481 e. The number of aliphatic carboxylic acids is 1. The number of hydrogen-bond donors (Lipinski definition) is 1. The fraction of sp³-hybridized carbons (Fsp3) is 0.529. The highest BCUT2D eigenvalue weighted by Gasteiger charge is 2.46. The number of amides is 1. The Hall–Kier alpha value is -1.92. The molecular weight excluding hydrogens is 298 g/mol. The van der Waals surface area contributed by atoms with Crippen LogP contribution in [0.1, 0.15) is 18.4 Å². The number of carboxylic acids is 1. The van der Waals surface area contributed by atoms with Crippen molar-refractivity contribution in [3.8, 4) is 0 Å². The van der Waals surface area contributed by atoms with Gasteiger partial charge < -0.3 is 19.5 Å². The Labute approximate surface area is 136 Å². The van der Waals surface area contributed by atoms with Crippen molar-refractivity contribution in [3.05, 3.63) is 35.9 Å². The summed E-state index contributed by atoms with van der Waals surface area (Å²) in [6, 6.07) is 9.75. The van der Waals surface area contributed by atoms with Crippen molar-refractivity contribution in [2.24, 2.45) is 5.41 Å². The molecule has 0 aromatic heterocycles. The Morgan fingerprint density at radius 2 is 2.04 bits per heavy atom. The van der Waals surface area contributed by atoms with Crippen molar-refractivity contribution in [2.75, 3.05) is 33.4 Å². The van der Waals surface area contributed by atoms with Gasteiger partial charge in [-0.1, -0.05) is 30.3 Å². The van der Waals surface area contributed by atoms with Crippen LogP contribution in [0.3, 0.4) is 0 Å². The van der Waals surface area contributed by atoms with Gasteiger partial charge in [0, 0.05) is 20.2 Å². The van der Waals surface area contributed by atoms with E-state index in [0.717, 1.165) is 5.56 Å². The second-order valence-electron chi connectivity index (χ2n) is 5.87. The van der Waals surface area contributed by atoms with Gasteiger partial charge in [-0.05, 0) is 12.0 Å². The van der Waals surface area contributed by atoms with Crippen LogP contribution in [0.5, 0.6) is 0 Å². The zero-order chi connectivity index (χ0) is 16.7. The van der Waals surface area contributed by atoms with Crippen LogP contribution in [0.2, 0.25) is 0 Å². The Kier molecular flexibility index (Phi) is 6.12. The molecule has 6 nitrogen and oxygen atoms in total. The predicted molar refractivity (Wildman–Crippen MR) is 83.9 cm³/mol. The van der Waals surface area contributed by atoms with Crippen molar-refractivity contribution in [1.82, 2.24) is 4.90 Å². The number of carboxylic acid groups (broad SMARTS) is 1. The molecular formula is C17H23NO5. The second-order valence-corrected chi connectivity index (χ2v) is 5.87. The molecule has 1 atom stereocenters. The number of methoxy groups -OCH3 is 1. The number of nitrogens with zero attached hydrogens (tertiary/aromatic N) is 1. The van der Waals surface area contributed by atoms with E-state index in [-0.39, 0.29) is 25.5 Å². The van der Waals surface area contributed by atoms with Crippen LogP contribution in [-0.4, -0.2) is 55.3 Å². The molecule has 1 unspecified atom stereocenters. The molecule has 0 spiro atoms. The molecule has 126 valence electrons. The second kappa shape index (κ2) is 8.08. The van der Waals surface area contributed by atoms with E-state index in [4.69, 9.17) is 9.47 Å². The third-order valence-electron chi connectivity index (χ3n) is 4.15. The highest BCUT2D eigenvalue weighted by molar-refractivity contribution is 5.80. The molecule has 1 fully saturated rings. The van der Waals surface area contributed by atoms with Gasteiger partial charge in [0.2, 0.25) is 5.91 Å². The first-order valence-corrected chi connectivity index (χ1v) is 7.69. The topological polar surface area (TPSA) is 76.1 Å². The minimum absolute atomic E-state index is 0.0720. The molecule has 1 amide bonds. The normalized spacial score (nSPS) is 20.7. The highest BCUT2D eigenvalue weighted by Crippen LogP contribution is 2.31. The molecule has 1 N–H and O–H groups in total.